The van der Waals surface area contributed by atoms with Crippen LogP contribution in [-0.4, -0.2) is 6.61 Å². The highest BCUT2D eigenvalue weighted by atomic mass is 16.5. The Bertz CT molecular complexity index is 306. The van der Waals surface area contributed by atoms with Crippen molar-refractivity contribution in [2.45, 2.75) is 32.6 Å². The van der Waals surface area contributed by atoms with Gasteiger partial charge in [0.05, 0.1) is 6.61 Å². The largest absolute Gasteiger partial charge is 0.493 e. The first-order valence-electron chi connectivity index (χ1n) is 5.58. The van der Waals surface area contributed by atoms with E-state index in [0.717, 1.165) is 12.4 Å². The fourth-order valence-corrected chi connectivity index (χ4v) is 2.44. The molecule has 1 heterocycles. The number of ether oxygens (including phenoxy) is 1. The molecule has 1 aliphatic heterocycles. The van der Waals surface area contributed by atoms with E-state index in [1.54, 1.807) is 0 Å². The first-order valence-corrected chi connectivity index (χ1v) is 5.58. The average molecular weight is 190 g/mol. The Morgan fingerprint density at radius 1 is 1.21 bits per heavy atom. The lowest BCUT2D eigenvalue weighted by atomic mass is 9.81. The standard InChI is InChI=1S/C13H18O/c1-3-10-9-14-13-8-6-5-7-12(13)11(10)4-2/h5-8,10-11H,3-4,9H2,1-2H3/t10-,11?/m1/s1. The maximum Gasteiger partial charge on any atom is 0.122 e. The van der Waals surface area contributed by atoms with E-state index in [-0.39, 0.29) is 0 Å². The zero-order chi connectivity index (χ0) is 9.97. The summed E-state index contributed by atoms with van der Waals surface area (Å²) in [7, 11) is 0. The molecule has 0 N–H and O–H groups in total. The van der Waals surface area contributed by atoms with Gasteiger partial charge in [0.15, 0.2) is 0 Å². The van der Waals surface area contributed by atoms with Crippen LogP contribution in [0.5, 0.6) is 5.75 Å². The van der Waals surface area contributed by atoms with Crippen molar-refractivity contribution < 1.29 is 4.74 Å². The summed E-state index contributed by atoms with van der Waals surface area (Å²) in [5.74, 6) is 2.50. The molecule has 0 aromatic heterocycles. The summed E-state index contributed by atoms with van der Waals surface area (Å²) in [6.45, 7) is 5.42. The second-order valence-electron chi connectivity index (χ2n) is 4.03. The van der Waals surface area contributed by atoms with E-state index in [1.807, 2.05) is 0 Å². The van der Waals surface area contributed by atoms with E-state index in [2.05, 4.69) is 38.1 Å². The SMILES string of the molecule is CCC1c2ccccc2OC[C@H]1CC. The summed E-state index contributed by atoms with van der Waals surface area (Å²) in [6.07, 6.45) is 2.44. The van der Waals surface area contributed by atoms with Gasteiger partial charge in [-0.1, -0.05) is 32.0 Å². The summed E-state index contributed by atoms with van der Waals surface area (Å²) >= 11 is 0. The molecule has 0 fully saturated rings. The Hall–Kier alpha value is -0.980. The Kier molecular flexibility index (Phi) is 2.76. The Morgan fingerprint density at radius 2 is 2.00 bits per heavy atom. The van der Waals surface area contributed by atoms with Crippen molar-refractivity contribution in [2.24, 2.45) is 5.92 Å². The number of fused-ring (bicyclic) bond motifs is 1. The van der Waals surface area contributed by atoms with Crippen LogP contribution in [0.2, 0.25) is 0 Å². The van der Waals surface area contributed by atoms with Crippen molar-refractivity contribution in [3.05, 3.63) is 29.8 Å². The second kappa shape index (κ2) is 4.04. The van der Waals surface area contributed by atoms with Crippen molar-refractivity contribution >= 4 is 0 Å². The molecule has 1 aliphatic rings. The molecule has 1 heteroatoms. The van der Waals surface area contributed by atoms with E-state index in [1.165, 1.54) is 18.4 Å². The first kappa shape index (κ1) is 9.57. The molecule has 0 bridgehead atoms. The summed E-state index contributed by atoms with van der Waals surface area (Å²) in [6, 6.07) is 8.47. The first-order chi connectivity index (χ1) is 6.86. The Labute approximate surface area is 86.1 Å². The third-order valence-corrected chi connectivity index (χ3v) is 3.30. The van der Waals surface area contributed by atoms with Crippen molar-refractivity contribution in [3.63, 3.8) is 0 Å². The normalized spacial score (nSPS) is 25.3. The van der Waals surface area contributed by atoms with E-state index in [9.17, 15) is 0 Å². The maximum atomic E-state index is 5.76. The van der Waals surface area contributed by atoms with Crippen LogP contribution in [0.25, 0.3) is 0 Å². The quantitative estimate of drug-likeness (QED) is 0.692. The fraction of sp³-hybridized carbons (Fsp3) is 0.538. The molecule has 0 saturated heterocycles. The smallest absolute Gasteiger partial charge is 0.122 e. The molecular formula is C13H18O. The Morgan fingerprint density at radius 3 is 2.71 bits per heavy atom. The topological polar surface area (TPSA) is 9.23 Å². The number of benzene rings is 1. The molecule has 0 saturated carbocycles. The fourth-order valence-electron chi connectivity index (χ4n) is 2.44. The molecule has 1 nitrogen and oxygen atoms in total. The highest BCUT2D eigenvalue weighted by Crippen LogP contribution is 2.39. The molecule has 76 valence electrons. The number of hydrogen-bond donors (Lipinski definition) is 0. The average Bonchev–Trinajstić information content (AvgIpc) is 2.27. The molecule has 2 rings (SSSR count). The lowest BCUT2D eigenvalue weighted by Gasteiger charge is -2.32. The van der Waals surface area contributed by atoms with Crippen LogP contribution in [0, 0.1) is 5.92 Å². The van der Waals surface area contributed by atoms with Crippen LogP contribution in [0.3, 0.4) is 0 Å². The van der Waals surface area contributed by atoms with Crippen LogP contribution in [0.1, 0.15) is 38.2 Å². The van der Waals surface area contributed by atoms with Crippen LogP contribution < -0.4 is 4.74 Å². The molecular weight excluding hydrogens is 172 g/mol. The van der Waals surface area contributed by atoms with Crippen LogP contribution in [0.4, 0.5) is 0 Å². The van der Waals surface area contributed by atoms with Crippen molar-refractivity contribution in [2.75, 3.05) is 6.61 Å². The summed E-state index contributed by atoms with van der Waals surface area (Å²) in [5.41, 5.74) is 1.41. The minimum atomic E-state index is 0.699. The van der Waals surface area contributed by atoms with Gasteiger partial charge >= 0.3 is 0 Å². The van der Waals surface area contributed by atoms with E-state index in [0.29, 0.717) is 11.8 Å². The van der Waals surface area contributed by atoms with Gasteiger partial charge in [-0.05, 0) is 36.3 Å². The zero-order valence-corrected chi connectivity index (χ0v) is 8.99. The third kappa shape index (κ3) is 1.52. The molecule has 0 spiro atoms. The van der Waals surface area contributed by atoms with Gasteiger partial charge in [0.25, 0.3) is 0 Å². The summed E-state index contributed by atoms with van der Waals surface area (Å²) in [4.78, 5) is 0. The molecule has 0 amide bonds. The van der Waals surface area contributed by atoms with E-state index in [4.69, 9.17) is 4.74 Å². The molecule has 1 unspecified atom stereocenters. The van der Waals surface area contributed by atoms with Crippen LogP contribution >= 0.6 is 0 Å². The van der Waals surface area contributed by atoms with Gasteiger partial charge in [-0.3, -0.25) is 0 Å². The van der Waals surface area contributed by atoms with E-state index >= 15 is 0 Å². The van der Waals surface area contributed by atoms with Gasteiger partial charge in [0, 0.05) is 0 Å². The highest BCUT2D eigenvalue weighted by Gasteiger charge is 2.27. The third-order valence-electron chi connectivity index (χ3n) is 3.30. The lowest BCUT2D eigenvalue weighted by Crippen LogP contribution is -2.25. The maximum absolute atomic E-state index is 5.76. The van der Waals surface area contributed by atoms with Gasteiger partial charge in [-0.25, -0.2) is 0 Å². The van der Waals surface area contributed by atoms with Crippen LogP contribution in [0.15, 0.2) is 24.3 Å². The second-order valence-corrected chi connectivity index (χ2v) is 4.03. The molecule has 0 aliphatic carbocycles. The summed E-state index contributed by atoms with van der Waals surface area (Å²) < 4.78 is 5.76. The minimum absolute atomic E-state index is 0.699. The Balaban J connectivity index is 2.34. The van der Waals surface area contributed by atoms with Crippen molar-refractivity contribution in [1.29, 1.82) is 0 Å². The number of hydrogen-bond acceptors (Lipinski definition) is 1. The lowest BCUT2D eigenvalue weighted by molar-refractivity contribution is 0.186. The highest BCUT2D eigenvalue weighted by molar-refractivity contribution is 5.38. The monoisotopic (exact) mass is 190 g/mol. The van der Waals surface area contributed by atoms with Gasteiger partial charge < -0.3 is 4.74 Å². The minimum Gasteiger partial charge on any atom is -0.493 e. The van der Waals surface area contributed by atoms with Crippen molar-refractivity contribution in [3.8, 4) is 5.75 Å². The summed E-state index contributed by atoms with van der Waals surface area (Å²) in [5, 5.41) is 0. The molecule has 1 aromatic rings. The van der Waals surface area contributed by atoms with Crippen LogP contribution in [-0.2, 0) is 0 Å². The van der Waals surface area contributed by atoms with Gasteiger partial charge in [0.2, 0.25) is 0 Å². The number of rotatable bonds is 2. The number of para-hydroxylation sites is 1. The molecule has 14 heavy (non-hydrogen) atoms. The van der Waals surface area contributed by atoms with Gasteiger partial charge in [-0.2, -0.15) is 0 Å². The van der Waals surface area contributed by atoms with E-state index < -0.39 is 0 Å². The zero-order valence-electron chi connectivity index (χ0n) is 8.99. The predicted octanol–water partition coefficient (Wildman–Crippen LogP) is 3.60. The van der Waals surface area contributed by atoms with Gasteiger partial charge in [-0.15, -0.1) is 0 Å². The predicted molar refractivity (Wildman–Crippen MR) is 58.8 cm³/mol. The van der Waals surface area contributed by atoms with Crippen molar-refractivity contribution in [1.82, 2.24) is 0 Å². The van der Waals surface area contributed by atoms with Gasteiger partial charge in [0.1, 0.15) is 5.75 Å². The molecule has 1 aromatic carbocycles. The molecule has 2 atom stereocenters. The molecule has 0 radical (unpaired) electrons.